The second-order valence-electron chi connectivity index (χ2n) is 8.55. The van der Waals surface area contributed by atoms with Gasteiger partial charge >= 0.3 is 0 Å². The number of amides is 2. The van der Waals surface area contributed by atoms with Crippen molar-refractivity contribution in [3.8, 4) is 17.2 Å². The second-order valence-corrected chi connectivity index (χ2v) is 8.55. The zero-order chi connectivity index (χ0) is 20.6. The van der Waals surface area contributed by atoms with Crippen LogP contribution >= 0.6 is 0 Å². The normalized spacial score (nSPS) is 20.8. The van der Waals surface area contributed by atoms with E-state index >= 15 is 0 Å². The highest BCUT2D eigenvalue weighted by Gasteiger charge is 2.53. The number of ether oxygens (including phenoxy) is 2. The van der Waals surface area contributed by atoms with E-state index in [2.05, 4.69) is 4.98 Å². The van der Waals surface area contributed by atoms with Gasteiger partial charge in [-0.3, -0.25) is 15.0 Å². The van der Waals surface area contributed by atoms with Crippen molar-refractivity contribution in [1.82, 2.24) is 4.98 Å². The number of hydrogen-bond acceptors (Lipinski definition) is 6. The summed E-state index contributed by atoms with van der Waals surface area (Å²) in [7, 11) is 0. The van der Waals surface area contributed by atoms with Gasteiger partial charge in [0.15, 0.2) is 0 Å². The van der Waals surface area contributed by atoms with Crippen molar-refractivity contribution in [2.24, 2.45) is 5.41 Å². The van der Waals surface area contributed by atoms with Gasteiger partial charge in [0.05, 0.1) is 18.2 Å². The molecule has 5 rings (SSSR count). The highest BCUT2D eigenvalue weighted by molar-refractivity contribution is 6.57. The summed E-state index contributed by atoms with van der Waals surface area (Å²) in [6.45, 7) is 5.87. The van der Waals surface area contributed by atoms with Crippen molar-refractivity contribution in [2.45, 2.75) is 39.0 Å². The number of rotatable bonds is 3. The number of carbonyl (C=O) groups is 2. The van der Waals surface area contributed by atoms with Gasteiger partial charge in [-0.25, -0.2) is 9.88 Å². The van der Waals surface area contributed by atoms with Crippen LogP contribution in [0.15, 0.2) is 30.5 Å². The number of benzene rings is 1. The molecule has 1 aliphatic carbocycles. The quantitative estimate of drug-likeness (QED) is 0.808. The molecule has 1 aromatic heterocycles. The molecule has 3 heterocycles. The van der Waals surface area contributed by atoms with Gasteiger partial charge in [-0.1, -0.05) is 6.07 Å². The average Bonchev–Trinajstić information content (AvgIpc) is 3.34. The van der Waals surface area contributed by atoms with Crippen molar-refractivity contribution < 1.29 is 19.1 Å². The van der Waals surface area contributed by atoms with E-state index < -0.39 is 17.2 Å². The van der Waals surface area contributed by atoms with Crippen LogP contribution in [0, 0.1) is 17.7 Å². The molecule has 2 aliphatic heterocycles. The van der Waals surface area contributed by atoms with Crippen LogP contribution in [0.1, 0.15) is 37.8 Å². The number of carbonyl (C=O) groups excluding carboxylic acids is 2. The van der Waals surface area contributed by atoms with Crippen molar-refractivity contribution in [2.75, 3.05) is 11.5 Å². The molecule has 1 aromatic carbocycles. The Morgan fingerprint density at radius 3 is 2.52 bits per heavy atom. The zero-order valence-corrected chi connectivity index (χ0v) is 16.5. The third kappa shape index (κ3) is 2.43. The maximum atomic E-state index is 12.5. The third-order valence-electron chi connectivity index (χ3n) is 6.15. The summed E-state index contributed by atoms with van der Waals surface area (Å²) in [5.74, 6) is 1.29. The van der Waals surface area contributed by atoms with Gasteiger partial charge in [-0.2, -0.15) is 0 Å². The Balaban J connectivity index is 1.44. The van der Waals surface area contributed by atoms with Gasteiger partial charge in [0.2, 0.25) is 5.91 Å². The Bertz CT molecular complexity index is 1080. The van der Waals surface area contributed by atoms with Crippen molar-refractivity contribution in [1.29, 1.82) is 5.41 Å². The second kappa shape index (κ2) is 5.65. The minimum absolute atomic E-state index is 0.0738. The van der Waals surface area contributed by atoms with E-state index in [1.165, 1.54) is 6.20 Å². The molecule has 7 heteroatoms. The van der Waals surface area contributed by atoms with Crippen LogP contribution in [0.5, 0.6) is 17.2 Å². The molecular formula is C22H21N3O4. The van der Waals surface area contributed by atoms with Gasteiger partial charge in [0.1, 0.15) is 28.8 Å². The van der Waals surface area contributed by atoms with Crippen molar-refractivity contribution in [3.63, 3.8) is 0 Å². The fraction of sp³-hybridized carbons (Fsp3) is 0.364. The maximum Gasteiger partial charge on any atom is 0.281 e. The van der Waals surface area contributed by atoms with Crippen LogP contribution < -0.4 is 14.4 Å². The molecule has 1 N–H and O–H groups in total. The lowest BCUT2D eigenvalue weighted by atomic mass is 9.90. The topological polar surface area (TPSA) is 92.6 Å². The number of hydrogen-bond donors (Lipinski definition) is 1. The minimum Gasteiger partial charge on any atom is -0.492 e. The van der Waals surface area contributed by atoms with Crippen molar-refractivity contribution >= 4 is 23.3 Å². The van der Waals surface area contributed by atoms with Crippen LogP contribution in [0.4, 0.5) is 5.82 Å². The van der Waals surface area contributed by atoms with Crippen LogP contribution in [0.25, 0.3) is 0 Å². The summed E-state index contributed by atoms with van der Waals surface area (Å²) < 4.78 is 12.0. The predicted octanol–water partition coefficient (Wildman–Crippen LogP) is 3.53. The van der Waals surface area contributed by atoms with Gasteiger partial charge in [-0.05, 0) is 57.4 Å². The molecule has 3 aliphatic rings. The average molecular weight is 391 g/mol. The lowest BCUT2D eigenvalue weighted by Crippen LogP contribution is -2.33. The summed E-state index contributed by atoms with van der Waals surface area (Å²) >= 11 is 0. The summed E-state index contributed by atoms with van der Waals surface area (Å²) in [4.78, 5) is 30.1. The standard InChI is InChI=1S/C22H21N3O4/c1-12-4-6-14(16-17(12)28-11-22(16)8-9-22)29-13-5-7-15(24-10-13)25-19(26)18(23)21(2,3)20(25)27/h4-7,10,23H,8-9,11H2,1-3H3. The van der Waals surface area contributed by atoms with Gasteiger partial charge in [-0.15, -0.1) is 0 Å². The van der Waals surface area contributed by atoms with Gasteiger partial charge < -0.3 is 9.47 Å². The number of aromatic nitrogens is 1. The van der Waals surface area contributed by atoms with Crippen LogP contribution in [-0.4, -0.2) is 29.1 Å². The zero-order valence-electron chi connectivity index (χ0n) is 16.5. The lowest BCUT2D eigenvalue weighted by molar-refractivity contribution is -0.124. The molecule has 7 nitrogen and oxygen atoms in total. The number of fused-ring (bicyclic) bond motifs is 2. The number of aryl methyl sites for hydroxylation is 1. The minimum atomic E-state index is -1.14. The van der Waals surface area contributed by atoms with Crippen molar-refractivity contribution in [3.05, 3.63) is 41.6 Å². The lowest BCUT2D eigenvalue weighted by Gasteiger charge is -2.17. The molecule has 0 radical (unpaired) electrons. The molecule has 1 saturated heterocycles. The summed E-state index contributed by atoms with van der Waals surface area (Å²) in [5.41, 5.74) is 0.927. The molecule has 1 spiro atoms. The molecular weight excluding hydrogens is 370 g/mol. The Morgan fingerprint density at radius 2 is 1.93 bits per heavy atom. The summed E-state index contributed by atoms with van der Waals surface area (Å²) in [6, 6.07) is 7.18. The van der Waals surface area contributed by atoms with E-state index in [0.29, 0.717) is 12.4 Å². The molecule has 2 aromatic rings. The van der Waals surface area contributed by atoms with E-state index in [9.17, 15) is 9.59 Å². The molecule has 29 heavy (non-hydrogen) atoms. The Labute approximate surface area is 168 Å². The SMILES string of the molecule is Cc1ccc(Oc2ccc(N3C(=O)C(=N)C(C)(C)C3=O)nc2)c2c1OCC21CC1. The Morgan fingerprint density at radius 1 is 1.17 bits per heavy atom. The van der Waals surface area contributed by atoms with Gasteiger partial charge in [0.25, 0.3) is 5.91 Å². The Kier molecular flexibility index (Phi) is 3.48. The summed E-state index contributed by atoms with van der Waals surface area (Å²) in [5, 5.41) is 7.91. The smallest absolute Gasteiger partial charge is 0.281 e. The molecule has 0 unspecified atom stereocenters. The van der Waals surface area contributed by atoms with Crippen LogP contribution in [0.3, 0.4) is 0 Å². The van der Waals surface area contributed by atoms with E-state index in [1.54, 1.807) is 26.0 Å². The summed E-state index contributed by atoms with van der Waals surface area (Å²) in [6.07, 6.45) is 3.68. The van der Waals surface area contributed by atoms with Gasteiger partial charge in [0, 0.05) is 11.0 Å². The third-order valence-corrected chi connectivity index (χ3v) is 6.15. The Hall–Kier alpha value is -3.22. The first-order chi connectivity index (χ1) is 13.7. The largest absolute Gasteiger partial charge is 0.492 e. The number of nitrogens with one attached hydrogen (secondary N) is 1. The number of nitrogens with zero attached hydrogens (tertiary/aromatic N) is 2. The first kappa shape index (κ1) is 17.8. The number of imide groups is 1. The first-order valence-electron chi connectivity index (χ1n) is 9.63. The fourth-order valence-corrected chi connectivity index (χ4v) is 4.03. The fourth-order valence-electron chi connectivity index (χ4n) is 4.03. The molecule has 2 amide bonds. The predicted molar refractivity (Wildman–Crippen MR) is 106 cm³/mol. The number of anilines is 1. The maximum absolute atomic E-state index is 12.5. The molecule has 0 atom stereocenters. The monoisotopic (exact) mass is 391 g/mol. The highest BCUT2D eigenvalue weighted by Crippen LogP contribution is 2.59. The van der Waals surface area contributed by atoms with Crippen LogP contribution in [-0.2, 0) is 15.0 Å². The van der Waals surface area contributed by atoms with E-state index in [4.69, 9.17) is 14.9 Å². The number of pyridine rings is 1. The first-order valence-corrected chi connectivity index (χ1v) is 9.63. The highest BCUT2D eigenvalue weighted by atomic mass is 16.5. The van der Waals surface area contributed by atoms with E-state index in [0.717, 1.165) is 40.4 Å². The van der Waals surface area contributed by atoms with E-state index in [1.807, 2.05) is 19.1 Å². The molecule has 1 saturated carbocycles. The van der Waals surface area contributed by atoms with E-state index in [-0.39, 0.29) is 16.9 Å². The molecule has 0 bridgehead atoms. The molecule has 2 fully saturated rings. The van der Waals surface area contributed by atoms with Crippen LogP contribution in [0.2, 0.25) is 0 Å². The molecule has 148 valence electrons.